The summed E-state index contributed by atoms with van der Waals surface area (Å²) >= 11 is 0. The Morgan fingerprint density at radius 2 is 1.91 bits per heavy atom. The summed E-state index contributed by atoms with van der Waals surface area (Å²) in [6.45, 7) is 0.979. The van der Waals surface area contributed by atoms with Crippen LogP contribution in [0, 0.1) is 0 Å². The Balaban J connectivity index is 1.56. The smallest absolute Gasteiger partial charge is 0.325 e. The molecule has 2 fully saturated rings. The van der Waals surface area contributed by atoms with Gasteiger partial charge in [0.1, 0.15) is 5.54 Å². The second kappa shape index (κ2) is 6.68. The van der Waals surface area contributed by atoms with Crippen LogP contribution in [0.3, 0.4) is 0 Å². The molecule has 6 heteroatoms. The third-order valence-electron chi connectivity index (χ3n) is 4.59. The van der Waals surface area contributed by atoms with Crippen molar-refractivity contribution in [3.05, 3.63) is 35.9 Å². The Hall–Kier alpha value is -1.92. The maximum Gasteiger partial charge on any atom is 0.325 e. The Morgan fingerprint density at radius 3 is 2.61 bits per heavy atom. The van der Waals surface area contributed by atoms with Crippen LogP contribution in [0.1, 0.15) is 24.8 Å². The van der Waals surface area contributed by atoms with Gasteiger partial charge in [-0.15, -0.1) is 0 Å². The molecule has 0 radical (unpaired) electrons. The van der Waals surface area contributed by atoms with Crippen molar-refractivity contribution in [2.75, 3.05) is 19.8 Å². The number of carbonyl (C=O) groups is 2. The number of hydrogen-bond acceptors (Lipinski definition) is 4. The van der Waals surface area contributed by atoms with Crippen LogP contribution < -0.4 is 5.32 Å². The molecule has 23 heavy (non-hydrogen) atoms. The molecule has 0 aliphatic carbocycles. The molecule has 124 valence electrons. The molecule has 2 aliphatic heterocycles. The largest absolute Gasteiger partial charge is 0.391 e. The number of rotatable bonds is 5. The van der Waals surface area contributed by atoms with Gasteiger partial charge in [0.2, 0.25) is 0 Å². The van der Waals surface area contributed by atoms with Crippen molar-refractivity contribution in [2.45, 2.75) is 37.3 Å². The maximum atomic E-state index is 12.6. The summed E-state index contributed by atoms with van der Waals surface area (Å²) in [5.74, 6) is -0.232. The van der Waals surface area contributed by atoms with Crippen molar-refractivity contribution in [3.63, 3.8) is 0 Å². The summed E-state index contributed by atoms with van der Waals surface area (Å²) in [5.41, 5.74) is 0.304. The number of hydrogen-bond donors (Lipinski definition) is 2. The molecule has 1 aromatic carbocycles. The van der Waals surface area contributed by atoms with Crippen molar-refractivity contribution in [1.82, 2.24) is 10.2 Å². The van der Waals surface area contributed by atoms with E-state index in [0.717, 1.165) is 10.5 Å². The van der Waals surface area contributed by atoms with E-state index < -0.39 is 17.7 Å². The quantitative estimate of drug-likeness (QED) is 0.796. The summed E-state index contributed by atoms with van der Waals surface area (Å²) in [4.78, 5) is 25.8. The van der Waals surface area contributed by atoms with E-state index in [9.17, 15) is 14.7 Å². The van der Waals surface area contributed by atoms with Gasteiger partial charge in [0.25, 0.3) is 5.91 Å². The van der Waals surface area contributed by atoms with Crippen LogP contribution in [0.15, 0.2) is 30.3 Å². The fourth-order valence-corrected chi connectivity index (χ4v) is 3.18. The first-order chi connectivity index (χ1) is 11.1. The highest BCUT2D eigenvalue weighted by Crippen LogP contribution is 2.28. The van der Waals surface area contributed by atoms with Crippen molar-refractivity contribution < 1.29 is 19.4 Å². The maximum absolute atomic E-state index is 12.6. The zero-order valence-electron chi connectivity index (χ0n) is 13.0. The van der Waals surface area contributed by atoms with E-state index in [0.29, 0.717) is 38.9 Å². The fourth-order valence-electron chi connectivity index (χ4n) is 3.18. The third kappa shape index (κ3) is 3.38. The molecule has 2 heterocycles. The van der Waals surface area contributed by atoms with Gasteiger partial charge in [0, 0.05) is 26.1 Å². The molecule has 1 aromatic rings. The third-order valence-corrected chi connectivity index (χ3v) is 4.59. The van der Waals surface area contributed by atoms with Gasteiger partial charge in [-0.3, -0.25) is 9.69 Å². The number of nitrogens with zero attached hydrogens (tertiary/aromatic N) is 1. The lowest BCUT2D eigenvalue weighted by Gasteiger charge is -2.30. The molecule has 1 spiro atoms. The highest BCUT2D eigenvalue weighted by atomic mass is 16.5. The standard InChI is InChI=1S/C17H22N2O4/c20-14(7-6-13-4-2-1-3-5-13)12-19-15(21)17(18-16(19)22)8-10-23-11-9-17/h1-5,14,20H,6-12H2,(H,18,22). The molecule has 2 aliphatic rings. The minimum atomic E-state index is -0.825. The molecule has 2 N–H and O–H groups in total. The summed E-state index contributed by atoms with van der Waals surface area (Å²) < 4.78 is 5.27. The molecule has 3 amide bonds. The lowest BCUT2D eigenvalue weighted by Crippen LogP contribution is -2.51. The van der Waals surface area contributed by atoms with E-state index in [1.165, 1.54) is 0 Å². The summed E-state index contributed by atoms with van der Waals surface area (Å²) in [6.07, 6.45) is 1.49. The first kappa shape index (κ1) is 16.0. The van der Waals surface area contributed by atoms with Crippen LogP contribution >= 0.6 is 0 Å². The van der Waals surface area contributed by atoms with Crippen LogP contribution in [0.25, 0.3) is 0 Å². The van der Waals surface area contributed by atoms with Crippen molar-refractivity contribution in [1.29, 1.82) is 0 Å². The Morgan fingerprint density at radius 1 is 1.22 bits per heavy atom. The van der Waals surface area contributed by atoms with E-state index in [-0.39, 0.29) is 12.5 Å². The summed E-state index contributed by atoms with van der Waals surface area (Å²) in [6, 6.07) is 9.44. The molecule has 1 unspecified atom stereocenters. The first-order valence-corrected chi connectivity index (χ1v) is 8.05. The highest BCUT2D eigenvalue weighted by Gasteiger charge is 2.51. The first-order valence-electron chi connectivity index (χ1n) is 8.05. The van der Waals surface area contributed by atoms with Gasteiger partial charge in [0.15, 0.2) is 0 Å². The second-order valence-electron chi connectivity index (χ2n) is 6.22. The number of ether oxygens (including phenoxy) is 1. The van der Waals surface area contributed by atoms with E-state index in [1.54, 1.807) is 0 Å². The second-order valence-corrected chi connectivity index (χ2v) is 6.22. The summed E-state index contributed by atoms with van der Waals surface area (Å²) in [7, 11) is 0. The number of β-amino-alcohol motifs (C(OH)–C–C–N with tert-alkyl or cyclic N) is 1. The minimum Gasteiger partial charge on any atom is -0.391 e. The van der Waals surface area contributed by atoms with Gasteiger partial charge >= 0.3 is 6.03 Å². The van der Waals surface area contributed by atoms with Gasteiger partial charge in [-0.1, -0.05) is 30.3 Å². The Bertz CT molecular complexity index is 569. The van der Waals surface area contributed by atoms with Crippen LogP contribution in [-0.4, -0.2) is 53.3 Å². The fraction of sp³-hybridized carbons (Fsp3) is 0.529. The topological polar surface area (TPSA) is 78.9 Å². The average Bonchev–Trinajstić information content (AvgIpc) is 2.79. The van der Waals surface area contributed by atoms with Crippen LogP contribution in [0.4, 0.5) is 4.79 Å². The van der Waals surface area contributed by atoms with E-state index in [4.69, 9.17) is 4.74 Å². The molecule has 0 aromatic heterocycles. The zero-order valence-corrected chi connectivity index (χ0v) is 13.0. The van der Waals surface area contributed by atoms with Crippen LogP contribution in [-0.2, 0) is 16.0 Å². The minimum absolute atomic E-state index is 0.0418. The van der Waals surface area contributed by atoms with Gasteiger partial charge in [-0.05, 0) is 18.4 Å². The van der Waals surface area contributed by atoms with Gasteiger partial charge in [-0.2, -0.15) is 0 Å². The molecule has 1 atom stereocenters. The predicted octanol–water partition coefficient (Wildman–Crippen LogP) is 1.08. The molecule has 6 nitrogen and oxygen atoms in total. The Labute approximate surface area is 135 Å². The number of amides is 3. The van der Waals surface area contributed by atoms with Gasteiger partial charge < -0.3 is 15.2 Å². The molecular weight excluding hydrogens is 296 g/mol. The number of nitrogens with one attached hydrogen (secondary N) is 1. The van der Waals surface area contributed by atoms with Crippen LogP contribution in [0.5, 0.6) is 0 Å². The van der Waals surface area contributed by atoms with E-state index >= 15 is 0 Å². The zero-order chi connectivity index (χ0) is 16.3. The van der Waals surface area contributed by atoms with E-state index in [1.807, 2.05) is 30.3 Å². The number of aliphatic hydroxyl groups excluding tert-OH is 1. The number of carbonyl (C=O) groups excluding carboxylic acids is 2. The monoisotopic (exact) mass is 318 g/mol. The van der Waals surface area contributed by atoms with Gasteiger partial charge in [-0.25, -0.2) is 4.79 Å². The number of benzene rings is 1. The molecule has 0 bridgehead atoms. The molecule has 3 rings (SSSR count). The summed E-state index contributed by atoms with van der Waals surface area (Å²) in [5, 5.41) is 13.0. The van der Waals surface area contributed by atoms with Crippen molar-refractivity contribution in [2.24, 2.45) is 0 Å². The number of imide groups is 1. The molecule has 2 saturated heterocycles. The number of aryl methyl sites for hydroxylation is 1. The van der Waals surface area contributed by atoms with E-state index in [2.05, 4.69) is 5.32 Å². The Kier molecular flexibility index (Phi) is 4.63. The number of urea groups is 1. The van der Waals surface area contributed by atoms with Gasteiger partial charge in [0.05, 0.1) is 12.6 Å². The highest BCUT2D eigenvalue weighted by molar-refractivity contribution is 6.07. The predicted molar refractivity (Wildman–Crippen MR) is 83.8 cm³/mol. The van der Waals surface area contributed by atoms with Crippen molar-refractivity contribution in [3.8, 4) is 0 Å². The van der Waals surface area contributed by atoms with Crippen LogP contribution in [0.2, 0.25) is 0 Å². The SMILES string of the molecule is O=C1NC2(CCOCC2)C(=O)N1CC(O)CCc1ccccc1. The molecule has 0 saturated carbocycles. The van der Waals surface area contributed by atoms with Crippen molar-refractivity contribution >= 4 is 11.9 Å². The lowest BCUT2D eigenvalue weighted by molar-refractivity contribution is -0.135. The average molecular weight is 318 g/mol. The normalized spacial score (nSPS) is 21.5. The molecular formula is C17H22N2O4. The lowest BCUT2D eigenvalue weighted by atomic mass is 9.90. The number of aliphatic hydroxyl groups is 1.